The van der Waals surface area contributed by atoms with Gasteiger partial charge in [-0.1, -0.05) is 124 Å². The van der Waals surface area contributed by atoms with Gasteiger partial charge >= 0.3 is 0 Å². The van der Waals surface area contributed by atoms with Crippen LogP contribution in [0.2, 0.25) is 0 Å². The highest BCUT2D eigenvalue weighted by molar-refractivity contribution is 6.10. The monoisotopic (exact) mass is 508 g/mol. The zero-order chi connectivity index (χ0) is 26.8. The first-order valence-electron chi connectivity index (χ1n) is 13.6. The Bertz CT molecular complexity index is 1280. The Morgan fingerprint density at radius 1 is 0.789 bits per heavy atom. The minimum absolute atomic E-state index is 0.210. The molecular formula is C34H36O4. The Morgan fingerprint density at radius 2 is 1.39 bits per heavy atom. The molecule has 196 valence electrons. The van der Waals surface area contributed by atoms with E-state index in [0.29, 0.717) is 16.7 Å². The number of ether oxygens (including phenoxy) is 1. The normalized spacial score (nSPS) is 18.6. The highest BCUT2D eigenvalue weighted by Crippen LogP contribution is 2.36. The summed E-state index contributed by atoms with van der Waals surface area (Å²) in [5.74, 6) is -3.12. The van der Waals surface area contributed by atoms with Crippen molar-refractivity contribution in [3.63, 3.8) is 0 Å². The van der Waals surface area contributed by atoms with Gasteiger partial charge in [-0.25, -0.2) is 0 Å². The summed E-state index contributed by atoms with van der Waals surface area (Å²) < 4.78 is 6.25. The topological polar surface area (TPSA) is 63.6 Å². The number of Topliss-reactive ketones (excluding diaryl/α,β-unsaturated/α-hetero) is 1. The summed E-state index contributed by atoms with van der Waals surface area (Å²) in [5.41, 5.74) is 2.27. The lowest BCUT2D eigenvalue weighted by molar-refractivity contribution is -0.116. The maximum absolute atomic E-state index is 13.5. The van der Waals surface area contributed by atoms with E-state index in [1.807, 2.05) is 30.3 Å². The third kappa shape index (κ3) is 6.76. The van der Waals surface area contributed by atoms with Crippen molar-refractivity contribution in [1.82, 2.24) is 0 Å². The average molecular weight is 509 g/mol. The number of hydrogen-bond donors (Lipinski definition) is 1. The van der Waals surface area contributed by atoms with E-state index in [1.54, 1.807) is 72.8 Å². The lowest BCUT2D eigenvalue weighted by Gasteiger charge is -2.35. The van der Waals surface area contributed by atoms with Crippen molar-refractivity contribution in [2.24, 2.45) is 5.92 Å². The second kappa shape index (κ2) is 13.2. The molecule has 3 aromatic rings. The highest BCUT2D eigenvalue weighted by Gasteiger charge is 2.43. The van der Waals surface area contributed by atoms with E-state index in [4.69, 9.17) is 4.74 Å². The minimum Gasteiger partial charge on any atom is -0.457 e. The number of aliphatic hydroxyl groups is 1. The molecule has 1 aliphatic rings. The molecule has 0 fully saturated rings. The molecule has 2 unspecified atom stereocenters. The number of carbonyl (C=O) groups is 2. The predicted octanol–water partition coefficient (Wildman–Crippen LogP) is 7.73. The first kappa shape index (κ1) is 27.3. The predicted molar refractivity (Wildman–Crippen MR) is 151 cm³/mol. The lowest BCUT2D eigenvalue weighted by Crippen LogP contribution is -2.46. The van der Waals surface area contributed by atoms with Crippen LogP contribution in [0, 0.1) is 5.92 Å². The van der Waals surface area contributed by atoms with E-state index < -0.39 is 11.7 Å². The number of ketones is 2. The van der Waals surface area contributed by atoms with Gasteiger partial charge in [-0.3, -0.25) is 9.59 Å². The summed E-state index contributed by atoms with van der Waals surface area (Å²) in [4.78, 5) is 26.8. The summed E-state index contributed by atoms with van der Waals surface area (Å²) in [6, 6.07) is 24.7. The first-order valence-corrected chi connectivity index (χ1v) is 13.6. The van der Waals surface area contributed by atoms with Crippen molar-refractivity contribution >= 4 is 11.6 Å². The van der Waals surface area contributed by atoms with Crippen LogP contribution in [0.5, 0.6) is 5.75 Å². The molecule has 0 bridgehead atoms. The quantitative estimate of drug-likeness (QED) is 0.146. The van der Waals surface area contributed by atoms with Crippen LogP contribution < -0.4 is 4.74 Å². The molecule has 0 saturated carbocycles. The number of carbonyl (C=O) groups excluding carboxylic acids is 2. The molecule has 2 atom stereocenters. The van der Waals surface area contributed by atoms with Crippen molar-refractivity contribution in [2.75, 3.05) is 0 Å². The molecule has 38 heavy (non-hydrogen) atoms. The molecule has 1 aliphatic carbocycles. The van der Waals surface area contributed by atoms with Gasteiger partial charge in [0.2, 0.25) is 5.79 Å². The van der Waals surface area contributed by atoms with E-state index >= 15 is 0 Å². The Labute approximate surface area is 225 Å². The van der Waals surface area contributed by atoms with Gasteiger partial charge < -0.3 is 9.84 Å². The van der Waals surface area contributed by atoms with Crippen LogP contribution in [0.25, 0.3) is 0 Å². The summed E-state index contributed by atoms with van der Waals surface area (Å²) >= 11 is 0. The third-order valence-electron chi connectivity index (χ3n) is 6.94. The fourth-order valence-electron chi connectivity index (χ4n) is 4.84. The molecular weight excluding hydrogens is 472 g/mol. The molecule has 0 amide bonds. The summed E-state index contributed by atoms with van der Waals surface area (Å²) in [7, 11) is 0. The standard InChI is InChI=1S/C34H36O4/c1-2-3-4-5-6-9-16-26-23-24-30(33(36)28-19-12-8-13-20-28)34(37,25-26)38-31-22-15-14-21-29(31)32(35)27-17-10-7-11-18-27/h7-8,10-15,17-25,30,37H,2-6,9,16H2,1H3. The maximum atomic E-state index is 13.5. The van der Waals surface area contributed by atoms with Gasteiger partial charge in [0.15, 0.2) is 11.6 Å². The lowest BCUT2D eigenvalue weighted by atomic mass is 9.83. The van der Waals surface area contributed by atoms with E-state index in [1.165, 1.54) is 25.7 Å². The summed E-state index contributed by atoms with van der Waals surface area (Å²) in [5, 5.41) is 12.0. The van der Waals surface area contributed by atoms with Crippen molar-refractivity contribution in [3.8, 4) is 5.75 Å². The molecule has 4 rings (SSSR count). The fraction of sp³-hybridized carbons (Fsp3) is 0.294. The number of para-hydroxylation sites is 1. The van der Waals surface area contributed by atoms with E-state index in [0.717, 1.165) is 24.8 Å². The third-order valence-corrected chi connectivity index (χ3v) is 6.94. The Kier molecular flexibility index (Phi) is 9.45. The van der Waals surface area contributed by atoms with Crippen LogP contribution >= 0.6 is 0 Å². The first-order chi connectivity index (χ1) is 18.5. The molecule has 0 saturated heterocycles. The van der Waals surface area contributed by atoms with Gasteiger partial charge in [0.05, 0.1) is 5.56 Å². The molecule has 0 heterocycles. The van der Waals surface area contributed by atoms with Gasteiger partial charge in [0.25, 0.3) is 0 Å². The molecule has 3 aromatic carbocycles. The molecule has 0 radical (unpaired) electrons. The Hall–Kier alpha value is -3.76. The second-order valence-corrected chi connectivity index (χ2v) is 9.85. The van der Waals surface area contributed by atoms with Gasteiger partial charge in [-0.15, -0.1) is 0 Å². The van der Waals surface area contributed by atoms with E-state index in [2.05, 4.69) is 6.92 Å². The smallest absolute Gasteiger partial charge is 0.242 e. The number of rotatable bonds is 13. The van der Waals surface area contributed by atoms with Crippen LogP contribution in [-0.4, -0.2) is 22.5 Å². The highest BCUT2D eigenvalue weighted by atomic mass is 16.6. The minimum atomic E-state index is -1.94. The van der Waals surface area contributed by atoms with Crippen molar-refractivity contribution in [1.29, 1.82) is 0 Å². The van der Waals surface area contributed by atoms with Crippen LogP contribution in [0.15, 0.2) is 109 Å². The van der Waals surface area contributed by atoms with Gasteiger partial charge in [0, 0.05) is 11.1 Å². The van der Waals surface area contributed by atoms with Crippen molar-refractivity contribution < 1.29 is 19.4 Å². The molecule has 4 nitrogen and oxygen atoms in total. The number of hydrogen-bond acceptors (Lipinski definition) is 4. The molecule has 4 heteroatoms. The van der Waals surface area contributed by atoms with Crippen LogP contribution in [0.3, 0.4) is 0 Å². The Balaban J connectivity index is 1.62. The number of allylic oxidation sites excluding steroid dienone is 2. The second-order valence-electron chi connectivity index (χ2n) is 9.85. The summed E-state index contributed by atoms with van der Waals surface area (Å²) in [6.07, 6.45) is 13.1. The Morgan fingerprint density at radius 3 is 2.11 bits per heavy atom. The number of unbranched alkanes of at least 4 members (excludes halogenated alkanes) is 5. The van der Waals surface area contributed by atoms with Gasteiger partial charge in [0.1, 0.15) is 11.7 Å². The molecule has 0 aliphatic heterocycles. The molecule has 0 aromatic heterocycles. The fourth-order valence-corrected chi connectivity index (χ4v) is 4.84. The zero-order valence-corrected chi connectivity index (χ0v) is 22.0. The molecule has 1 N–H and O–H groups in total. The molecule has 0 spiro atoms. The SMILES string of the molecule is CCCCCCCCC1=CC(O)(Oc2ccccc2C(=O)c2ccccc2)C(C(=O)c2ccccc2)C=C1. The van der Waals surface area contributed by atoms with Crippen molar-refractivity contribution in [3.05, 3.63) is 125 Å². The van der Waals surface area contributed by atoms with Crippen LogP contribution in [-0.2, 0) is 0 Å². The van der Waals surface area contributed by atoms with Crippen molar-refractivity contribution in [2.45, 2.75) is 57.7 Å². The zero-order valence-electron chi connectivity index (χ0n) is 22.0. The summed E-state index contributed by atoms with van der Waals surface area (Å²) in [6.45, 7) is 2.21. The largest absolute Gasteiger partial charge is 0.457 e. The van der Waals surface area contributed by atoms with E-state index in [9.17, 15) is 14.7 Å². The maximum Gasteiger partial charge on any atom is 0.242 e. The van der Waals surface area contributed by atoms with Crippen LogP contribution in [0.1, 0.15) is 78.1 Å². The van der Waals surface area contributed by atoms with E-state index in [-0.39, 0.29) is 17.3 Å². The van der Waals surface area contributed by atoms with Gasteiger partial charge in [-0.05, 0) is 36.6 Å². The number of benzene rings is 3. The van der Waals surface area contributed by atoms with Gasteiger partial charge in [-0.2, -0.15) is 0 Å². The van der Waals surface area contributed by atoms with Crippen LogP contribution in [0.4, 0.5) is 0 Å². The average Bonchev–Trinajstić information content (AvgIpc) is 2.95.